The van der Waals surface area contributed by atoms with E-state index in [-0.39, 0.29) is 16.6 Å². The number of fused-ring (bicyclic) bond motifs is 1. The molecule has 1 aromatic rings. The number of nitrogens with one attached hydrogen (secondary N) is 2. The summed E-state index contributed by atoms with van der Waals surface area (Å²) in [5.74, 6) is -0.0333. The second-order valence-electron chi connectivity index (χ2n) is 7.01. The Balaban J connectivity index is 1.97. The minimum Gasteiger partial charge on any atom is -0.598 e. The highest BCUT2D eigenvalue weighted by Crippen LogP contribution is 2.49. The SMILES string of the molecule is CC(C)(C)[S@@+]([O-])N[C@@H]1c2cccc(F)c2OC12CCNCC2. The summed E-state index contributed by atoms with van der Waals surface area (Å²) in [5.41, 5.74) is 0.260. The molecule has 4 nitrogen and oxygen atoms in total. The molecule has 22 heavy (non-hydrogen) atoms. The first-order valence-corrected chi connectivity index (χ1v) is 8.85. The van der Waals surface area contributed by atoms with Crippen LogP contribution in [0.2, 0.25) is 0 Å². The molecule has 1 spiro atoms. The number of para-hydroxylation sites is 1. The highest BCUT2D eigenvalue weighted by Gasteiger charge is 2.52. The van der Waals surface area contributed by atoms with Crippen LogP contribution < -0.4 is 14.8 Å². The zero-order chi connectivity index (χ0) is 16.0. The molecule has 2 N–H and O–H groups in total. The van der Waals surface area contributed by atoms with Crippen molar-refractivity contribution in [3.8, 4) is 5.75 Å². The fourth-order valence-corrected chi connectivity index (χ4v) is 4.01. The summed E-state index contributed by atoms with van der Waals surface area (Å²) < 4.78 is 35.6. The monoisotopic (exact) mass is 326 g/mol. The van der Waals surface area contributed by atoms with Crippen molar-refractivity contribution in [2.24, 2.45) is 0 Å². The molecular formula is C16H23FN2O2S. The molecule has 0 amide bonds. The van der Waals surface area contributed by atoms with Gasteiger partial charge in [0.15, 0.2) is 11.6 Å². The Morgan fingerprint density at radius 2 is 2.05 bits per heavy atom. The molecule has 0 radical (unpaired) electrons. The summed E-state index contributed by atoms with van der Waals surface area (Å²) >= 11 is -1.24. The Kier molecular flexibility index (Phi) is 4.14. The van der Waals surface area contributed by atoms with Crippen molar-refractivity contribution in [2.75, 3.05) is 13.1 Å². The summed E-state index contributed by atoms with van der Waals surface area (Å²) in [6.45, 7) is 7.40. The van der Waals surface area contributed by atoms with Gasteiger partial charge in [-0.2, -0.15) is 0 Å². The number of piperidine rings is 1. The van der Waals surface area contributed by atoms with E-state index in [9.17, 15) is 8.94 Å². The minimum absolute atomic E-state index is 0.250. The van der Waals surface area contributed by atoms with Crippen LogP contribution in [0.5, 0.6) is 5.75 Å². The van der Waals surface area contributed by atoms with Crippen molar-refractivity contribution in [3.63, 3.8) is 0 Å². The average molecular weight is 326 g/mol. The zero-order valence-corrected chi connectivity index (χ0v) is 14.1. The lowest BCUT2D eigenvalue weighted by molar-refractivity contribution is 0.0293. The fraction of sp³-hybridized carbons (Fsp3) is 0.625. The van der Waals surface area contributed by atoms with Crippen LogP contribution in [0.3, 0.4) is 0 Å². The Bertz CT molecular complexity index is 556. The van der Waals surface area contributed by atoms with Gasteiger partial charge in [0.05, 0.1) is 0 Å². The standard InChI is InChI=1S/C16H23FN2O2S/c1-15(2,3)22(20)19-14-11-5-4-6-12(17)13(11)21-16(14)7-9-18-10-8-16/h4-6,14,18-19H,7-10H2,1-3H3/t14-,22-/m1/s1. The summed E-state index contributed by atoms with van der Waals surface area (Å²) in [5, 5.41) is 3.30. The summed E-state index contributed by atoms with van der Waals surface area (Å²) in [7, 11) is 0. The molecule has 1 saturated heterocycles. The van der Waals surface area contributed by atoms with Gasteiger partial charge in [0.2, 0.25) is 0 Å². The van der Waals surface area contributed by atoms with Crippen LogP contribution >= 0.6 is 0 Å². The van der Waals surface area contributed by atoms with Crippen molar-refractivity contribution >= 4 is 11.4 Å². The van der Waals surface area contributed by atoms with Gasteiger partial charge in [-0.25, -0.2) is 4.39 Å². The van der Waals surface area contributed by atoms with E-state index in [1.165, 1.54) is 6.07 Å². The molecule has 0 aromatic heterocycles. The average Bonchev–Trinajstić information content (AvgIpc) is 2.74. The largest absolute Gasteiger partial charge is 0.598 e. The number of halogens is 1. The molecule has 0 unspecified atom stereocenters. The second-order valence-corrected chi connectivity index (χ2v) is 9.00. The fourth-order valence-electron chi connectivity index (χ4n) is 3.10. The van der Waals surface area contributed by atoms with Crippen molar-refractivity contribution in [1.82, 2.24) is 10.0 Å². The van der Waals surface area contributed by atoms with Crippen molar-refractivity contribution in [3.05, 3.63) is 29.6 Å². The third-order valence-electron chi connectivity index (χ3n) is 4.37. The van der Waals surface area contributed by atoms with Crippen molar-refractivity contribution in [1.29, 1.82) is 0 Å². The van der Waals surface area contributed by atoms with E-state index in [2.05, 4.69) is 10.0 Å². The predicted molar refractivity (Wildman–Crippen MR) is 85.6 cm³/mol. The smallest absolute Gasteiger partial charge is 0.165 e. The van der Waals surface area contributed by atoms with E-state index < -0.39 is 17.0 Å². The number of benzene rings is 1. The highest BCUT2D eigenvalue weighted by molar-refractivity contribution is 7.90. The van der Waals surface area contributed by atoms with Gasteiger partial charge >= 0.3 is 0 Å². The van der Waals surface area contributed by atoms with E-state index in [0.717, 1.165) is 31.5 Å². The lowest BCUT2D eigenvalue weighted by Crippen LogP contribution is -2.54. The van der Waals surface area contributed by atoms with E-state index >= 15 is 0 Å². The quantitative estimate of drug-likeness (QED) is 0.820. The molecule has 1 fully saturated rings. The molecule has 6 heteroatoms. The van der Waals surface area contributed by atoms with Crippen molar-refractivity contribution in [2.45, 2.75) is 50.0 Å². The maximum atomic E-state index is 14.1. The molecule has 0 saturated carbocycles. The van der Waals surface area contributed by atoms with Gasteiger partial charge in [0, 0.05) is 29.8 Å². The van der Waals surface area contributed by atoms with Gasteiger partial charge < -0.3 is 14.6 Å². The molecule has 2 heterocycles. The Labute approximate surface area is 134 Å². The first kappa shape index (κ1) is 16.1. The van der Waals surface area contributed by atoms with Crippen LogP contribution in [0.4, 0.5) is 4.39 Å². The Morgan fingerprint density at radius 3 is 2.68 bits per heavy atom. The molecule has 2 aliphatic rings. The van der Waals surface area contributed by atoms with E-state index in [0.29, 0.717) is 5.75 Å². The Morgan fingerprint density at radius 1 is 1.36 bits per heavy atom. The van der Waals surface area contributed by atoms with E-state index in [1.807, 2.05) is 26.8 Å². The molecule has 0 bridgehead atoms. The first-order chi connectivity index (χ1) is 10.3. The van der Waals surface area contributed by atoms with Gasteiger partial charge in [0.25, 0.3) is 0 Å². The lowest BCUT2D eigenvalue weighted by atomic mass is 9.84. The van der Waals surface area contributed by atoms with Crippen LogP contribution in [0.15, 0.2) is 18.2 Å². The number of ether oxygens (including phenoxy) is 1. The van der Waals surface area contributed by atoms with Crippen LogP contribution in [0.1, 0.15) is 45.2 Å². The molecule has 122 valence electrons. The molecule has 3 rings (SSSR count). The van der Waals surface area contributed by atoms with Gasteiger partial charge in [-0.3, -0.25) is 0 Å². The topological polar surface area (TPSA) is 56.3 Å². The van der Waals surface area contributed by atoms with Gasteiger partial charge in [-0.1, -0.05) is 12.1 Å². The van der Waals surface area contributed by atoms with Crippen LogP contribution in [0.25, 0.3) is 0 Å². The maximum absolute atomic E-state index is 14.1. The summed E-state index contributed by atoms with van der Waals surface area (Å²) in [6, 6.07) is 4.72. The third-order valence-corrected chi connectivity index (χ3v) is 5.93. The predicted octanol–water partition coefficient (Wildman–Crippen LogP) is 2.43. The molecule has 1 aromatic carbocycles. The molecular weight excluding hydrogens is 303 g/mol. The van der Waals surface area contributed by atoms with Crippen LogP contribution in [0, 0.1) is 5.82 Å². The number of rotatable bonds is 2. The third kappa shape index (κ3) is 2.73. The molecule has 2 atom stereocenters. The molecule has 2 aliphatic heterocycles. The summed E-state index contributed by atoms with van der Waals surface area (Å²) in [6.07, 6.45) is 1.53. The first-order valence-electron chi connectivity index (χ1n) is 7.70. The number of hydrogen-bond donors (Lipinski definition) is 2. The highest BCUT2D eigenvalue weighted by atomic mass is 32.2. The van der Waals surface area contributed by atoms with E-state index in [4.69, 9.17) is 4.74 Å². The minimum atomic E-state index is -1.24. The molecule has 0 aliphatic carbocycles. The Hall–Kier alpha value is -0.820. The number of hydrogen-bond acceptors (Lipinski definition) is 4. The zero-order valence-electron chi connectivity index (χ0n) is 13.2. The van der Waals surface area contributed by atoms with Gasteiger partial charge in [-0.05, 0) is 39.9 Å². The van der Waals surface area contributed by atoms with Crippen LogP contribution in [-0.4, -0.2) is 28.0 Å². The lowest BCUT2D eigenvalue weighted by Gasteiger charge is -2.39. The maximum Gasteiger partial charge on any atom is 0.165 e. The van der Waals surface area contributed by atoms with Gasteiger partial charge in [0.1, 0.15) is 16.4 Å². The summed E-state index contributed by atoms with van der Waals surface area (Å²) in [4.78, 5) is 0. The van der Waals surface area contributed by atoms with Crippen LogP contribution in [-0.2, 0) is 11.4 Å². The van der Waals surface area contributed by atoms with Crippen molar-refractivity contribution < 1.29 is 13.7 Å². The second kappa shape index (κ2) is 5.67. The van der Waals surface area contributed by atoms with Gasteiger partial charge in [-0.15, -0.1) is 4.72 Å². The normalized spacial score (nSPS) is 24.9. The van der Waals surface area contributed by atoms with E-state index in [1.54, 1.807) is 6.07 Å².